The zero-order valence-electron chi connectivity index (χ0n) is 14.9. The summed E-state index contributed by atoms with van der Waals surface area (Å²) >= 11 is 0. The summed E-state index contributed by atoms with van der Waals surface area (Å²) < 4.78 is 1.78. The van der Waals surface area contributed by atoms with E-state index in [2.05, 4.69) is 19.1 Å². The van der Waals surface area contributed by atoms with Gasteiger partial charge in [0.2, 0.25) is 0 Å². The average molecular weight is 340 g/mol. The lowest BCUT2D eigenvalue weighted by Crippen LogP contribution is -2.24. The van der Waals surface area contributed by atoms with Crippen molar-refractivity contribution in [2.24, 2.45) is 0 Å². The Morgan fingerprint density at radius 3 is 2.31 bits per heavy atom. The van der Waals surface area contributed by atoms with E-state index in [1.165, 1.54) is 5.56 Å². The van der Waals surface area contributed by atoms with E-state index < -0.39 is 0 Å². The van der Waals surface area contributed by atoms with Crippen molar-refractivity contribution in [3.8, 4) is 11.4 Å². The van der Waals surface area contributed by atoms with E-state index in [1.54, 1.807) is 4.57 Å². The van der Waals surface area contributed by atoms with E-state index in [1.807, 2.05) is 67.6 Å². The number of nitrogens with zero attached hydrogens (tertiary/aromatic N) is 2. The van der Waals surface area contributed by atoms with Crippen molar-refractivity contribution in [2.45, 2.75) is 20.4 Å². The minimum Gasteiger partial charge on any atom is -0.288 e. The summed E-state index contributed by atoms with van der Waals surface area (Å²) in [6.45, 7) is 4.55. The van der Waals surface area contributed by atoms with Crippen LogP contribution in [0, 0.1) is 13.8 Å². The van der Waals surface area contributed by atoms with Gasteiger partial charge in [0.1, 0.15) is 5.82 Å². The van der Waals surface area contributed by atoms with Gasteiger partial charge in [-0.2, -0.15) is 0 Å². The topological polar surface area (TPSA) is 34.9 Å². The summed E-state index contributed by atoms with van der Waals surface area (Å²) in [5.41, 5.74) is 5.00. The van der Waals surface area contributed by atoms with Gasteiger partial charge in [0.25, 0.3) is 5.56 Å². The van der Waals surface area contributed by atoms with Crippen molar-refractivity contribution in [3.63, 3.8) is 0 Å². The van der Waals surface area contributed by atoms with Gasteiger partial charge in [0.15, 0.2) is 0 Å². The van der Waals surface area contributed by atoms with Crippen LogP contribution < -0.4 is 5.56 Å². The molecule has 4 rings (SSSR count). The largest absolute Gasteiger partial charge is 0.288 e. The molecule has 0 atom stereocenters. The molecule has 3 nitrogen and oxygen atoms in total. The Morgan fingerprint density at radius 2 is 1.58 bits per heavy atom. The van der Waals surface area contributed by atoms with Crippen LogP contribution in [-0.2, 0) is 6.54 Å². The third-order valence-electron chi connectivity index (χ3n) is 4.68. The van der Waals surface area contributed by atoms with Gasteiger partial charge in [-0.25, -0.2) is 4.98 Å². The highest BCUT2D eigenvalue weighted by Gasteiger charge is 2.14. The molecule has 4 aromatic rings. The number of para-hydroxylation sites is 1. The normalized spacial score (nSPS) is 11.0. The molecule has 0 bridgehead atoms. The molecular weight excluding hydrogens is 320 g/mol. The summed E-state index contributed by atoms with van der Waals surface area (Å²) in [6, 6.07) is 24.0. The second kappa shape index (κ2) is 6.60. The van der Waals surface area contributed by atoms with Crippen molar-refractivity contribution < 1.29 is 0 Å². The molecule has 0 unspecified atom stereocenters. The predicted molar refractivity (Wildman–Crippen MR) is 106 cm³/mol. The molecular formula is C23H20N2O. The second-order valence-corrected chi connectivity index (χ2v) is 6.65. The summed E-state index contributed by atoms with van der Waals surface area (Å²) in [7, 11) is 0. The number of aryl methyl sites for hydroxylation is 2. The molecule has 3 aromatic carbocycles. The van der Waals surface area contributed by atoms with Gasteiger partial charge in [0, 0.05) is 5.56 Å². The number of hydrogen-bond donors (Lipinski definition) is 0. The van der Waals surface area contributed by atoms with Gasteiger partial charge < -0.3 is 0 Å². The first-order valence-electron chi connectivity index (χ1n) is 8.74. The number of fused-ring (bicyclic) bond motifs is 1. The number of benzene rings is 3. The maximum absolute atomic E-state index is 13.3. The fourth-order valence-electron chi connectivity index (χ4n) is 3.22. The molecule has 0 spiro atoms. The van der Waals surface area contributed by atoms with Gasteiger partial charge in [-0.15, -0.1) is 0 Å². The van der Waals surface area contributed by atoms with Crippen molar-refractivity contribution in [1.29, 1.82) is 0 Å². The first-order valence-corrected chi connectivity index (χ1v) is 8.74. The highest BCUT2D eigenvalue weighted by atomic mass is 16.1. The molecule has 0 aliphatic heterocycles. The minimum absolute atomic E-state index is 0.00173. The lowest BCUT2D eigenvalue weighted by Gasteiger charge is -2.15. The molecule has 1 heterocycles. The van der Waals surface area contributed by atoms with Crippen molar-refractivity contribution in [2.75, 3.05) is 0 Å². The van der Waals surface area contributed by atoms with Crippen LogP contribution in [0.25, 0.3) is 22.3 Å². The van der Waals surface area contributed by atoms with E-state index in [0.29, 0.717) is 17.8 Å². The van der Waals surface area contributed by atoms with Crippen LogP contribution in [0.3, 0.4) is 0 Å². The van der Waals surface area contributed by atoms with Crippen LogP contribution >= 0.6 is 0 Å². The zero-order chi connectivity index (χ0) is 18.1. The Morgan fingerprint density at radius 1 is 0.846 bits per heavy atom. The number of hydrogen-bond acceptors (Lipinski definition) is 2. The third-order valence-corrected chi connectivity index (χ3v) is 4.68. The first kappa shape index (κ1) is 16.3. The molecule has 0 saturated heterocycles. The molecule has 26 heavy (non-hydrogen) atoms. The molecule has 0 fully saturated rings. The van der Waals surface area contributed by atoms with Gasteiger partial charge >= 0.3 is 0 Å². The quantitative estimate of drug-likeness (QED) is 0.540. The summed E-state index contributed by atoms with van der Waals surface area (Å²) in [5.74, 6) is 0.709. The van der Waals surface area contributed by atoms with Gasteiger partial charge in [-0.1, -0.05) is 72.3 Å². The molecule has 0 saturated carbocycles. The fourth-order valence-corrected chi connectivity index (χ4v) is 3.22. The lowest BCUT2D eigenvalue weighted by molar-refractivity contribution is 0.759. The van der Waals surface area contributed by atoms with Crippen LogP contribution in [0.2, 0.25) is 0 Å². The van der Waals surface area contributed by atoms with Gasteiger partial charge in [-0.05, 0) is 31.0 Å². The van der Waals surface area contributed by atoms with E-state index in [9.17, 15) is 4.79 Å². The molecule has 0 N–H and O–H groups in total. The molecule has 0 aliphatic rings. The average Bonchev–Trinajstić information content (AvgIpc) is 2.66. The standard InChI is InChI=1S/C23H20N2O/c1-16-11-13-19(14-12-16)22-24-21-17(2)7-6-10-20(21)23(26)25(22)15-18-8-4-3-5-9-18/h3-14H,15H2,1-2H3. The first-order chi connectivity index (χ1) is 12.6. The Hall–Kier alpha value is -3.20. The van der Waals surface area contributed by atoms with Gasteiger partial charge in [-0.3, -0.25) is 9.36 Å². The molecule has 3 heteroatoms. The number of rotatable bonds is 3. The highest BCUT2D eigenvalue weighted by molar-refractivity contribution is 5.82. The van der Waals surface area contributed by atoms with Crippen molar-refractivity contribution >= 4 is 10.9 Å². The minimum atomic E-state index is -0.00173. The Labute approximate surface area is 152 Å². The monoisotopic (exact) mass is 340 g/mol. The van der Waals surface area contributed by atoms with Crippen LogP contribution in [0.4, 0.5) is 0 Å². The molecule has 1 aromatic heterocycles. The maximum Gasteiger partial charge on any atom is 0.261 e. The Balaban J connectivity index is 2.00. The van der Waals surface area contributed by atoms with E-state index in [-0.39, 0.29) is 5.56 Å². The summed E-state index contributed by atoms with van der Waals surface area (Å²) in [5, 5.41) is 0.664. The van der Waals surface area contributed by atoms with Crippen LogP contribution in [0.5, 0.6) is 0 Å². The molecule has 128 valence electrons. The van der Waals surface area contributed by atoms with Crippen molar-refractivity contribution in [1.82, 2.24) is 9.55 Å². The maximum atomic E-state index is 13.3. The molecule has 0 amide bonds. The molecule has 0 radical (unpaired) electrons. The van der Waals surface area contributed by atoms with E-state index >= 15 is 0 Å². The molecule has 0 aliphatic carbocycles. The lowest BCUT2D eigenvalue weighted by atomic mass is 10.1. The fraction of sp³-hybridized carbons (Fsp3) is 0.130. The van der Waals surface area contributed by atoms with Gasteiger partial charge in [0.05, 0.1) is 17.4 Å². The highest BCUT2D eigenvalue weighted by Crippen LogP contribution is 2.22. The van der Waals surface area contributed by atoms with E-state index in [0.717, 1.165) is 22.2 Å². The van der Waals surface area contributed by atoms with E-state index in [4.69, 9.17) is 4.98 Å². The van der Waals surface area contributed by atoms with Crippen molar-refractivity contribution in [3.05, 3.63) is 99.8 Å². The Kier molecular flexibility index (Phi) is 4.13. The van der Waals surface area contributed by atoms with Crippen LogP contribution in [0.1, 0.15) is 16.7 Å². The summed E-state index contributed by atoms with van der Waals surface area (Å²) in [6.07, 6.45) is 0. The number of aromatic nitrogens is 2. The van der Waals surface area contributed by atoms with Crippen LogP contribution in [0.15, 0.2) is 77.6 Å². The third kappa shape index (κ3) is 2.92. The zero-order valence-corrected chi connectivity index (χ0v) is 14.9. The van der Waals surface area contributed by atoms with Crippen LogP contribution in [-0.4, -0.2) is 9.55 Å². The summed E-state index contributed by atoms with van der Waals surface area (Å²) in [4.78, 5) is 18.2. The SMILES string of the molecule is Cc1ccc(-c2nc3c(C)cccc3c(=O)n2Cc2ccccc2)cc1. The smallest absolute Gasteiger partial charge is 0.261 e. The Bertz CT molecular complexity index is 1130. The second-order valence-electron chi connectivity index (χ2n) is 6.65. The predicted octanol–water partition coefficient (Wildman–Crippen LogP) is 4.73.